The quantitative estimate of drug-likeness (QED) is 0.386. The Hall–Kier alpha value is -3.04. The molecule has 0 aliphatic carbocycles. The Morgan fingerprint density at radius 3 is 2.95 bits per heavy atom. The highest BCUT2D eigenvalue weighted by Gasteiger charge is 2.20. The molecule has 0 saturated carbocycles. The molecule has 0 bridgehead atoms. The average Bonchev–Trinajstić information content (AvgIpc) is 2.96. The van der Waals surface area contributed by atoms with Crippen LogP contribution in [0, 0.1) is 10.1 Å². The van der Waals surface area contributed by atoms with Crippen LogP contribution in [0.15, 0.2) is 18.6 Å². The van der Waals surface area contributed by atoms with Crippen molar-refractivity contribution in [2.75, 3.05) is 12.3 Å². The largest absolute Gasteiger partial charge is 0.384 e. The third-order valence-electron chi connectivity index (χ3n) is 2.69. The van der Waals surface area contributed by atoms with Crippen LogP contribution in [0.5, 0.6) is 0 Å². The third-order valence-corrected chi connectivity index (χ3v) is 2.69. The number of carbonyl (C=O) groups excluding carboxylic acids is 1. The number of nitrogens with one attached hydrogen (secondary N) is 2. The maximum atomic E-state index is 11.9. The third kappa shape index (κ3) is 3.72. The number of nitrogens with zero attached hydrogens (tertiary/aromatic N) is 4. The van der Waals surface area contributed by atoms with Gasteiger partial charge in [-0.25, -0.2) is 9.97 Å². The maximum Gasteiger partial charge on any atom is 0.300 e. The molecular formula is C11H13N7O3. The molecule has 1 amide bonds. The predicted octanol–water partition coefficient (Wildman–Crippen LogP) is 0.0527. The zero-order valence-corrected chi connectivity index (χ0v) is 10.9. The molecule has 0 aromatic carbocycles. The van der Waals surface area contributed by atoms with E-state index in [4.69, 9.17) is 5.73 Å². The fraction of sp³-hybridized carbons (Fsp3) is 0.273. The van der Waals surface area contributed by atoms with Crippen molar-refractivity contribution in [3.63, 3.8) is 0 Å². The van der Waals surface area contributed by atoms with Gasteiger partial charge in [0.1, 0.15) is 29.7 Å². The van der Waals surface area contributed by atoms with Crippen molar-refractivity contribution in [3.8, 4) is 0 Å². The predicted molar refractivity (Wildman–Crippen MR) is 72.3 cm³/mol. The summed E-state index contributed by atoms with van der Waals surface area (Å²) in [6.07, 6.45) is 3.60. The Labute approximate surface area is 118 Å². The Morgan fingerprint density at radius 1 is 1.48 bits per heavy atom. The van der Waals surface area contributed by atoms with Crippen molar-refractivity contribution < 1.29 is 9.72 Å². The van der Waals surface area contributed by atoms with Gasteiger partial charge in [-0.2, -0.15) is 5.10 Å². The first kappa shape index (κ1) is 14.4. The molecule has 10 heteroatoms. The highest BCUT2D eigenvalue weighted by atomic mass is 16.6. The molecule has 4 N–H and O–H groups in total. The molecule has 0 atom stereocenters. The van der Waals surface area contributed by atoms with Gasteiger partial charge in [0.2, 0.25) is 0 Å². The normalized spacial score (nSPS) is 10.3. The van der Waals surface area contributed by atoms with Crippen LogP contribution in [-0.4, -0.2) is 37.5 Å². The molecule has 110 valence electrons. The van der Waals surface area contributed by atoms with Crippen LogP contribution in [0.25, 0.3) is 0 Å². The van der Waals surface area contributed by atoms with Crippen molar-refractivity contribution in [2.45, 2.75) is 12.8 Å². The first-order valence-electron chi connectivity index (χ1n) is 6.10. The molecule has 0 aliphatic rings. The number of hydrogen-bond acceptors (Lipinski definition) is 7. The van der Waals surface area contributed by atoms with Crippen molar-refractivity contribution >= 4 is 17.4 Å². The van der Waals surface area contributed by atoms with Crippen molar-refractivity contribution in [3.05, 3.63) is 40.1 Å². The lowest BCUT2D eigenvalue weighted by Crippen LogP contribution is -2.26. The zero-order valence-electron chi connectivity index (χ0n) is 10.9. The van der Waals surface area contributed by atoms with Gasteiger partial charge >= 0.3 is 0 Å². The summed E-state index contributed by atoms with van der Waals surface area (Å²) in [6, 6.07) is 1.18. The number of nitrogen functional groups attached to an aromatic ring is 1. The molecule has 0 unspecified atom stereocenters. The van der Waals surface area contributed by atoms with Crippen LogP contribution in [-0.2, 0) is 6.42 Å². The van der Waals surface area contributed by atoms with Crippen molar-refractivity contribution in [2.24, 2.45) is 0 Å². The number of anilines is 1. The molecule has 2 rings (SSSR count). The summed E-state index contributed by atoms with van der Waals surface area (Å²) >= 11 is 0. The minimum atomic E-state index is -0.671. The molecule has 0 saturated heterocycles. The van der Waals surface area contributed by atoms with Crippen molar-refractivity contribution in [1.82, 2.24) is 25.5 Å². The molecule has 21 heavy (non-hydrogen) atoms. The monoisotopic (exact) mass is 291 g/mol. The molecule has 2 aromatic rings. The topological polar surface area (TPSA) is 153 Å². The molecule has 10 nitrogen and oxygen atoms in total. The summed E-state index contributed by atoms with van der Waals surface area (Å²) in [5, 5.41) is 19.8. The van der Waals surface area contributed by atoms with Gasteiger partial charge in [0, 0.05) is 13.0 Å². The lowest BCUT2D eigenvalue weighted by atomic mass is 10.2. The highest BCUT2D eigenvalue weighted by Crippen LogP contribution is 2.18. The van der Waals surface area contributed by atoms with E-state index >= 15 is 0 Å². The Balaban J connectivity index is 1.93. The standard InChI is InChI=1S/C11H13N7O3/c12-9-4-7(8(5-14-9)18(20)21)11(19)13-3-1-2-10-15-6-16-17-10/h4-6H,1-3H2,(H2,12,14)(H,13,19)(H,15,16,17). The number of aromatic nitrogens is 4. The molecule has 0 fully saturated rings. The van der Waals surface area contributed by atoms with E-state index < -0.39 is 10.8 Å². The van der Waals surface area contributed by atoms with E-state index in [1.807, 2.05) is 0 Å². The summed E-state index contributed by atoms with van der Waals surface area (Å²) in [4.78, 5) is 29.7. The molecule has 2 heterocycles. The number of H-pyrrole nitrogens is 1. The minimum Gasteiger partial charge on any atom is -0.384 e. The second kappa shape index (κ2) is 6.41. The van der Waals surface area contributed by atoms with Gasteiger partial charge in [0.25, 0.3) is 11.6 Å². The minimum absolute atomic E-state index is 0.0485. The number of nitrogens with two attached hydrogens (primary N) is 1. The molecular weight excluding hydrogens is 278 g/mol. The van der Waals surface area contributed by atoms with Gasteiger partial charge in [-0.15, -0.1) is 0 Å². The van der Waals surface area contributed by atoms with E-state index in [-0.39, 0.29) is 17.1 Å². The first-order chi connectivity index (χ1) is 10.1. The number of hydrogen-bond donors (Lipinski definition) is 3. The average molecular weight is 291 g/mol. The maximum absolute atomic E-state index is 11.9. The summed E-state index contributed by atoms with van der Waals surface area (Å²) in [5.74, 6) is 0.198. The highest BCUT2D eigenvalue weighted by molar-refractivity contribution is 5.98. The lowest BCUT2D eigenvalue weighted by molar-refractivity contribution is -0.385. The van der Waals surface area contributed by atoms with E-state index in [0.717, 1.165) is 6.20 Å². The summed E-state index contributed by atoms with van der Waals surface area (Å²) in [7, 11) is 0. The number of aryl methyl sites for hydroxylation is 1. The van der Waals surface area contributed by atoms with Gasteiger partial charge in [0.15, 0.2) is 0 Å². The summed E-state index contributed by atoms with van der Waals surface area (Å²) < 4.78 is 0. The van der Waals surface area contributed by atoms with E-state index in [2.05, 4.69) is 25.5 Å². The Bertz CT molecular complexity index is 641. The summed E-state index contributed by atoms with van der Waals surface area (Å²) in [6.45, 7) is 0.346. The van der Waals surface area contributed by atoms with E-state index in [1.165, 1.54) is 12.4 Å². The lowest BCUT2D eigenvalue weighted by Gasteiger charge is -2.05. The van der Waals surface area contributed by atoms with Crippen LogP contribution in [0.3, 0.4) is 0 Å². The fourth-order valence-electron chi connectivity index (χ4n) is 1.70. The van der Waals surface area contributed by atoms with Crippen molar-refractivity contribution in [1.29, 1.82) is 0 Å². The molecule has 0 aliphatic heterocycles. The Kier molecular flexibility index (Phi) is 4.39. The number of rotatable bonds is 6. The number of carbonyl (C=O) groups is 1. The SMILES string of the molecule is Nc1cc(C(=O)NCCCc2ncn[nH]2)c([N+](=O)[O-])cn1. The van der Waals surface area contributed by atoms with E-state index in [1.54, 1.807) is 0 Å². The van der Waals surface area contributed by atoms with Gasteiger partial charge in [-0.05, 0) is 12.5 Å². The first-order valence-corrected chi connectivity index (χ1v) is 6.10. The molecule has 2 aromatic heterocycles. The van der Waals surface area contributed by atoms with Gasteiger partial charge in [0.05, 0.1) is 4.92 Å². The number of pyridine rings is 1. The fourth-order valence-corrected chi connectivity index (χ4v) is 1.70. The van der Waals surface area contributed by atoms with Crippen LogP contribution in [0.4, 0.5) is 11.5 Å². The van der Waals surface area contributed by atoms with E-state index in [0.29, 0.717) is 25.2 Å². The second-order valence-electron chi connectivity index (χ2n) is 4.18. The van der Waals surface area contributed by atoms with Crippen LogP contribution < -0.4 is 11.1 Å². The van der Waals surface area contributed by atoms with Crippen LogP contribution in [0.2, 0.25) is 0 Å². The van der Waals surface area contributed by atoms with Gasteiger partial charge in [-0.3, -0.25) is 20.0 Å². The summed E-state index contributed by atoms with van der Waals surface area (Å²) in [5.41, 5.74) is 4.97. The second-order valence-corrected chi connectivity index (χ2v) is 4.18. The van der Waals surface area contributed by atoms with E-state index in [9.17, 15) is 14.9 Å². The van der Waals surface area contributed by atoms with Gasteiger partial charge in [-0.1, -0.05) is 0 Å². The van der Waals surface area contributed by atoms with Gasteiger partial charge < -0.3 is 11.1 Å². The smallest absolute Gasteiger partial charge is 0.300 e. The number of amides is 1. The molecule has 0 spiro atoms. The number of nitro groups is 1. The van der Waals surface area contributed by atoms with Crippen LogP contribution in [0.1, 0.15) is 22.6 Å². The van der Waals surface area contributed by atoms with Crippen LogP contribution >= 0.6 is 0 Å². The zero-order chi connectivity index (χ0) is 15.2. The molecule has 0 radical (unpaired) electrons. The Morgan fingerprint density at radius 2 is 2.29 bits per heavy atom. The number of aromatic amines is 1.